The molecule has 156 valence electrons. The first kappa shape index (κ1) is 20.0. The fraction of sp³-hybridized carbons (Fsp3) is 0.0909. The third kappa shape index (κ3) is 4.67. The Labute approximate surface area is 177 Å². The third-order valence-corrected chi connectivity index (χ3v) is 4.47. The van der Waals surface area contributed by atoms with Gasteiger partial charge in [0.1, 0.15) is 17.8 Å². The van der Waals surface area contributed by atoms with Crippen LogP contribution in [0.3, 0.4) is 0 Å². The Bertz CT molecular complexity index is 1240. The zero-order valence-electron chi connectivity index (χ0n) is 16.6. The van der Waals surface area contributed by atoms with Gasteiger partial charge in [-0.15, -0.1) is 0 Å². The van der Waals surface area contributed by atoms with Gasteiger partial charge in [0.2, 0.25) is 11.9 Å². The summed E-state index contributed by atoms with van der Waals surface area (Å²) in [5.41, 5.74) is 3.26. The van der Waals surface area contributed by atoms with Crippen LogP contribution in [0.15, 0.2) is 67.2 Å². The molecular weight excluding hydrogens is 399 g/mol. The van der Waals surface area contributed by atoms with Gasteiger partial charge in [-0.3, -0.25) is 9.89 Å². The highest BCUT2D eigenvalue weighted by atomic mass is 19.1. The molecule has 0 atom stereocenters. The van der Waals surface area contributed by atoms with Crippen LogP contribution in [0.1, 0.15) is 5.56 Å². The van der Waals surface area contributed by atoms with Gasteiger partial charge in [0.25, 0.3) is 0 Å². The number of H-pyrrole nitrogens is 1. The number of halogens is 1. The Hall–Kier alpha value is -4.27. The molecule has 1 aromatic carbocycles. The SMILES string of the molecule is CO/C=C(/NC(=O)CNc1cc2[nH]nc(-c3ccnc(F)c3)c2cn1)c1ccccc1. The number of hydrogen-bond donors (Lipinski definition) is 3. The quantitative estimate of drug-likeness (QED) is 0.314. The second-order valence-corrected chi connectivity index (χ2v) is 6.59. The highest BCUT2D eigenvalue weighted by Crippen LogP contribution is 2.26. The lowest BCUT2D eigenvalue weighted by Crippen LogP contribution is -2.29. The molecular formula is C22H19FN6O2. The second-order valence-electron chi connectivity index (χ2n) is 6.59. The molecule has 4 aromatic rings. The Morgan fingerprint density at radius 3 is 2.81 bits per heavy atom. The van der Waals surface area contributed by atoms with E-state index in [0.29, 0.717) is 28.3 Å². The molecule has 8 nitrogen and oxygen atoms in total. The van der Waals surface area contributed by atoms with Crippen molar-refractivity contribution in [3.63, 3.8) is 0 Å². The molecule has 0 aliphatic carbocycles. The Morgan fingerprint density at radius 1 is 1.19 bits per heavy atom. The molecule has 3 heterocycles. The average molecular weight is 418 g/mol. The number of methoxy groups -OCH3 is 1. The van der Waals surface area contributed by atoms with E-state index in [1.165, 1.54) is 25.6 Å². The van der Waals surface area contributed by atoms with Crippen molar-refractivity contribution in [3.8, 4) is 11.3 Å². The van der Waals surface area contributed by atoms with Crippen LogP contribution in [-0.2, 0) is 9.53 Å². The first-order valence-electron chi connectivity index (χ1n) is 9.42. The van der Waals surface area contributed by atoms with Crippen molar-refractivity contribution in [1.29, 1.82) is 0 Å². The fourth-order valence-electron chi connectivity index (χ4n) is 3.05. The topological polar surface area (TPSA) is 105 Å². The summed E-state index contributed by atoms with van der Waals surface area (Å²) in [6, 6.07) is 14.1. The number of rotatable bonds is 7. The van der Waals surface area contributed by atoms with Crippen molar-refractivity contribution >= 4 is 28.3 Å². The maximum atomic E-state index is 13.4. The average Bonchev–Trinajstić information content (AvgIpc) is 3.21. The van der Waals surface area contributed by atoms with Crippen LogP contribution in [0.2, 0.25) is 0 Å². The summed E-state index contributed by atoms with van der Waals surface area (Å²) < 4.78 is 18.5. The van der Waals surface area contributed by atoms with Crippen molar-refractivity contribution in [2.75, 3.05) is 19.0 Å². The molecule has 0 saturated heterocycles. The second kappa shape index (κ2) is 9.04. The van der Waals surface area contributed by atoms with Gasteiger partial charge in [0.05, 0.1) is 24.9 Å². The lowest BCUT2D eigenvalue weighted by Gasteiger charge is -2.11. The summed E-state index contributed by atoms with van der Waals surface area (Å²) in [7, 11) is 1.52. The van der Waals surface area contributed by atoms with Crippen LogP contribution in [0, 0.1) is 5.95 Å². The number of ether oxygens (including phenoxy) is 1. The number of carbonyl (C=O) groups excluding carboxylic acids is 1. The lowest BCUT2D eigenvalue weighted by atomic mass is 10.1. The lowest BCUT2D eigenvalue weighted by molar-refractivity contribution is -0.118. The standard InChI is InChI=1S/C22H19FN6O2/c1-31-13-18(14-5-3-2-4-6-14)27-21(30)12-26-20-10-17-16(11-25-20)22(29-28-17)15-7-8-24-19(23)9-15/h2-11,13H,12H2,1H3,(H,25,26)(H,27,30)(H,28,29)/b18-13+. The van der Waals surface area contributed by atoms with E-state index >= 15 is 0 Å². The van der Waals surface area contributed by atoms with E-state index in [1.54, 1.807) is 18.3 Å². The zero-order valence-corrected chi connectivity index (χ0v) is 16.6. The molecule has 0 saturated carbocycles. The Balaban J connectivity index is 1.44. The van der Waals surface area contributed by atoms with Gasteiger partial charge in [-0.2, -0.15) is 9.49 Å². The van der Waals surface area contributed by atoms with E-state index in [1.807, 2.05) is 30.3 Å². The van der Waals surface area contributed by atoms with Gasteiger partial charge < -0.3 is 15.4 Å². The van der Waals surface area contributed by atoms with Gasteiger partial charge in [0.15, 0.2) is 0 Å². The van der Waals surface area contributed by atoms with Gasteiger partial charge >= 0.3 is 0 Å². The molecule has 0 radical (unpaired) electrons. The van der Waals surface area contributed by atoms with Gasteiger partial charge in [-0.05, 0) is 6.07 Å². The molecule has 0 unspecified atom stereocenters. The molecule has 0 aliphatic heterocycles. The normalized spacial score (nSPS) is 11.4. The highest BCUT2D eigenvalue weighted by molar-refractivity contribution is 5.94. The molecule has 0 spiro atoms. The molecule has 0 fully saturated rings. The summed E-state index contributed by atoms with van der Waals surface area (Å²) in [4.78, 5) is 20.3. The van der Waals surface area contributed by atoms with Gasteiger partial charge in [-0.1, -0.05) is 30.3 Å². The number of anilines is 1. The van der Waals surface area contributed by atoms with E-state index in [4.69, 9.17) is 4.74 Å². The number of hydrogen-bond acceptors (Lipinski definition) is 6. The summed E-state index contributed by atoms with van der Waals surface area (Å²) in [5.74, 6) is -0.342. The van der Waals surface area contributed by atoms with Crippen molar-refractivity contribution in [2.45, 2.75) is 0 Å². The van der Waals surface area contributed by atoms with Crippen LogP contribution < -0.4 is 10.6 Å². The Kier molecular flexibility index (Phi) is 5.84. The minimum atomic E-state index is -0.580. The predicted octanol–water partition coefficient (Wildman–Crippen LogP) is 3.33. The van der Waals surface area contributed by atoms with Crippen LogP contribution in [-0.4, -0.2) is 39.7 Å². The van der Waals surface area contributed by atoms with E-state index < -0.39 is 5.95 Å². The third-order valence-electron chi connectivity index (χ3n) is 4.47. The molecule has 4 rings (SSSR count). The first-order valence-corrected chi connectivity index (χ1v) is 9.42. The number of aromatic nitrogens is 4. The predicted molar refractivity (Wildman–Crippen MR) is 115 cm³/mol. The van der Waals surface area contributed by atoms with Gasteiger partial charge in [-0.25, -0.2) is 9.97 Å². The van der Waals surface area contributed by atoms with Crippen LogP contribution >= 0.6 is 0 Å². The molecule has 3 N–H and O–H groups in total. The first-order chi connectivity index (χ1) is 15.1. The van der Waals surface area contributed by atoms with E-state index in [2.05, 4.69) is 30.8 Å². The van der Waals surface area contributed by atoms with Crippen molar-refractivity contribution in [1.82, 2.24) is 25.5 Å². The number of nitrogens with zero attached hydrogens (tertiary/aromatic N) is 3. The number of carbonyl (C=O) groups is 1. The van der Waals surface area contributed by atoms with E-state index in [9.17, 15) is 9.18 Å². The van der Waals surface area contributed by atoms with Crippen molar-refractivity contribution in [2.24, 2.45) is 0 Å². The maximum absolute atomic E-state index is 13.4. The summed E-state index contributed by atoms with van der Waals surface area (Å²) in [5, 5.41) is 13.7. The minimum Gasteiger partial charge on any atom is -0.502 e. The molecule has 31 heavy (non-hydrogen) atoms. The number of amides is 1. The fourth-order valence-corrected chi connectivity index (χ4v) is 3.05. The molecule has 0 bridgehead atoms. The Morgan fingerprint density at radius 2 is 2.03 bits per heavy atom. The van der Waals surface area contributed by atoms with Crippen LogP contribution in [0.25, 0.3) is 27.9 Å². The summed E-state index contributed by atoms with van der Waals surface area (Å²) in [6.45, 7) is 0.00293. The molecule has 1 amide bonds. The largest absolute Gasteiger partial charge is 0.502 e. The van der Waals surface area contributed by atoms with Crippen LogP contribution in [0.5, 0.6) is 0 Å². The number of pyridine rings is 2. The number of fused-ring (bicyclic) bond motifs is 1. The zero-order chi connectivity index (χ0) is 21.6. The summed E-state index contributed by atoms with van der Waals surface area (Å²) in [6.07, 6.45) is 4.48. The summed E-state index contributed by atoms with van der Waals surface area (Å²) >= 11 is 0. The van der Waals surface area contributed by atoms with E-state index in [0.717, 1.165) is 10.9 Å². The minimum absolute atomic E-state index is 0.00293. The number of nitrogens with one attached hydrogen (secondary N) is 3. The van der Waals surface area contributed by atoms with Crippen molar-refractivity contribution < 1.29 is 13.9 Å². The highest BCUT2D eigenvalue weighted by Gasteiger charge is 2.12. The smallest absolute Gasteiger partial charge is 0.243 e. The van der Waals surface area contributed by atoms with E-state index in [-0.39, 0.29) is 12.5 Å². The van der Waals surface area contributed by atoms with Crippen molar-refractivity contribution in [3.05, 3.63) is 78.7 Å². The number of benzene rings is 1. The molecule has 0 aliphatic rings. The monoisotopic (exact) mass is 418 g/mol. The maximum Gasteiger partial charge on any atom is 0.243 e. The van der Waals surface area contributed by atoms with Gasteiger partial charge in [0, 0.05) is 41.0 Å². The van der Waals surface area contributed by atoms with Crippen LogP contribution in [0.4, 0.5) is 10.2 Å². The molecule has 3 aromatic heterocycles. The number of aromatic amines is 1. The molecule has 9 heteroatoms.